The van der Waals surface area contributed by atoms with Crippen LogP contribution in [-0.4, -0.2) is 49.2 Å². The number of fused-ring (bicyclic) bond motifs is 3. The van der Waals surface area contributed by atoms with E-state index < -0.39 is 11.6 Å². The quantitative estimate of drug-likeness (QED) is 0.793. The van der Waals surface area contributed by atoms with Crippen molar-refractivity contribution in [3.05, 3.63) is 0 Å². The zero-order valence-corrected chi connectivity index (χ0v) is 15.3. The molecule has 5 nitrogen and oxygen atoms in total. The van der Waals surface area contributed by atoms with Crippen molar-refractivity contribution in [3.63, 3.8) is 0 Å². The summed E-state index contributed by atoms with van der Waals surface area (Å²) in [6.07, 6.45) is 1.46. The molecule has 0 spiro atoms. The summed E-state index contributed by atoms with van der Waals surface area (Å²) >= 11 is 0. The van der Waals surface area contributed by atoms with Gasteiger partial charge in [0.05, 0.1) is 13.2 Å². The Morgan fingerprint density at radius 1 is 0.783 bits per heavy atom. The Hall–Kier alpha value is -0.200. The summed E-state index contributed by atoms with van der Waals surface area (Å²) in [4.78, 5) is 0. The SMILES string of the molecule is CC(C)CC1(C)OCC2OC3COC(C)(CC(C)C)OC3C2O1. The summed E-state index contributed by atoms with van der Waals surface area (Å²) in [5, 5.41) is 0. The van der Waals surface area contributed by atoms with Crippen LogP contribution < -0.4 is 0 Å². The summed E-state index contributed by atoms with van der Waals surface area (Å²) in [5.41, 5.74) is 0. The highest BCUT2D eigenvalue weighted by Crippen LogP contribution is 2.42. The maximum Gasteiger partial charge on any atom is 0.166 e. The molecule has 0 N–H and O–H groups in total. The number of ether oxygens (including phenoxy) is 5. The van der Waals surface area contributed by atoms with E-state index in [9.17, 15) is 0 Å². The second kappa shape index (κ2) is 6.26. The predicted molar refractivity (Wildman–Crippen MR) is 86.0 cm³/mol. The van der Waals surface area contributed by atoms with Gasteiger partial charge in [0.25, 0.3) is 0 Å². The topological polar surface area (TPSA) is 46.2 Å². The molecule has 3 saturated heterocycles. The third-order valence-corrected chi connectivity index (χ3v) is 4.84. The summed E-state index contributed by atoms with van der Waals surface area (Å²) in [6, 6.07) is 0. The van der Waals surface area contributed by atoms with Crippen LogP contribution in [0.5, 0.6) is 0 Å². The molecule has 23 heavy (non-hydrogen) atoms. The van der Waals surface area contributed by atoms with E-state index in [1.165, 1.54) is 0 Å². The van der Waals surface area contributed by atoms with E-state index in [-0.39, 0.29) is 24.4 Å². The minimum atomic E-state index is -0.552. The fourth-order valence-electron chi connectivity index (χ4n) is 4.21. The van der Waals surface area contributed by atoms with Gasteiger partial charge in [0.1, 0.15) is 24.4 Å². The average Bonchev–Trinajstić information content (AvgIpc) is 2.73. The van der Waals surface area contributed by atoms with Gasteiger partial charge < -0.3 is 23.7 Å². The van der Waals surface area contributed by atoms with Gasteiger partial charge >= 0.3 is 0 Å². The molecule has 3 rings (SSSR count). The van der Waals surface area contributed by atoms with Crippen molar-refractivity contribution >= 4 is 0 Å². The van der Waals surface area contributed by atoms with Crippen molar-refractivity contribution in [3.8, 4) is 0 Å². The van der Waals surface area contributed by atoms with Gasteiger partial charge in [0.2, 0.25) is 0 Å². The van der Waals surface area contributed by atoms with Gasteiger partial charge in [-0.25, -0.2) is 0 Å². The summed E-state index contributed by atoms with van der Waals surface area (Å²) in [5.74, 6) is -0.0825. The molecular weight excluding hydrogens is 296 g/mol. The van der Waals surface area contributed by atoms with Crippen LogP contribution in [0.3, 0.4) is 0 Å². The van der Waals surface area contributed by atoms with E-state index in [2.05, 4.69) is 27.7 Å². The smallest absolute Gasteiger partial charge is 0.166 e. The van der Waals surface area contributed by atoms with Crippen LogP contribution in [0.25, 0.3) is 0 Å². The van der Waals surface area contributed by atoms with Gasteiger partial charge in [-0.2, -0.15) is 0 Å². The normalized spacial score (nSPS) is 47.0. The first kappa shape index (κ1) is 17.6. The third kappa shape index (κ3) is 3.74. The first-order chi connectivity index (χ1) is 10.7. The van der Waals surface area contributed by atoms with Gasteiger partial charge in [-0.1, -0.05) is 27.7 Å². The molecule has 0 aromatic heterocycles. The zero-order valence-electron chi connectivity index (χ0n) is 15.3. The lowest BCUT2D eigenvalue weighted by molar-refractivity contribution is -0.341. The van der Waals surface area contributed by atoms with E-state index in [4.69, 9.17) is 23.7 Å². The maximum atomic E-state index is 6.35. The van der Waals surface area contributed by atoms with Crippen molar-refractivity contribution < 1.29 is 23.7 Å². The van der Waals surface area contributed by atoms with Gasteiger partial charge in [-0.15, -0.1) is 0 Å². The molecule has 6 atom stereocenters. The summed E-state index contributed by atoms with van der Waals surface area (Å²) < 4.78 is 30.7. The van der Waals surface area contributed by atoms with Crippen molar-refractivity contribution in [1.29, 1.82) is 0 Å². The number of hydrogen-bond acceptors (Lipinski definition) is 5. The van der Waals surface area contributed by atoms with Gasteiger partial charge in [-0.3, -0.25) is 0 Å². The third-order valence-electron chi connectivity index (χ3n) is 4.84. The Labute approximate surface area is 139 Å². The van der Waals surface area contributed by atoms with Crippen LogP contribution >= 0.6 is 0 Å². The molecule has 0 aromatic rings. The molecule has 0 bridgehead atoms. The van der Waals surface area contributed by atoms with Crippen LogP contribution in [0, 0.1) is 11.8 Å². The fourth-order valence-corrected chi connectivity index (χ4v) is 4.21. The van der Waals surface area contributed by atoms with Crippen LogP contribution in [0.2, 0.25) is 0 Å². The molecule has 6 unspecified atom stereocenters. The molecule has 0 saturated carbocycles. The van der Waals surface area contributed by atoms with E-state index in [1.807, 2.05) is 13.8 Å². The molecule has 3 aliphatic rings. The van der Waals surface area contributed by atoms with Gasteiger partial charge in [0.15, 0.2) is 11.6 Å². The Balaban J connectivity index is 1.71. The monoisotopic (exact) mass is 328 g/mol. The Bertz CT molecular complexity index is 388. The second-order valence-corrected chi connectivity index (χ2v) is 8.46. The molecule has 0 aliphatic carbocycles. The molecule has 3 heterocycles. The predicted octanol–water partition coefficient (Wildman–Crippen LogP) is 3.11. The molecule has 3 aliphatic heterocycles. The van der Waals surface area contributed by atoms with E-state index in [1.54, 1.807) is 0 Å². The minimum absolute atomic E-state index is 0.0600. The van der Waals surface area contributed by atoms with Crippen LogP contribution in [-0.2, 0) is 23.7 Å². The molecule has 0 amide bonds. The zero-order chi connectivity index (χ0) is 16.8. The first-order valence-electron chi connectivity index (χ1n) is 8.99. The lowest BCUT2D eigenvalue weighted by atomic mass is 9.98. The van der Waals surface area contributed by atoms with E-state index in [0.717, 1.165) is 12.8 Å². The average molecular weight is 328 g/mol. The molecule has 134 valence electrons. The van der Waals surface area contributed by atoms with E-state index in [0.29, 0.717) is 25.0 Å². The standard InChI is InChI=1S/C18H32O5/c1-11(2)7-17(5)19-9-13-15(22-17)16-14(21-13)10-20-18(6,23-16)8-12(3)4/h11-16H,7-10H2,1-6H3. The van der Waals surface area contributed by atoms with Crippen molar-refractivity contribution in [2.24, 2.45) is 11.8 Å². The van der Waals surface area contributed by atoms with E-state index >= 15 is 0 Å². The molecule has 5 heteroatoms. The summed E-state index contributed by atoms with van der Waals surface area (Å²) in [7, 11) is 0. The van der Waals surface area contributed by atoms with Crippen molar-refractivity contribution in [2.75, 3.05) is 13.2 Å². The fraction of sp³-hybridized carbons (Fsp3) is 1.00. The van der Waals surface area contributed by atoms with Gasteiger partial charge in [0, 0.05) is 12.8 Å². The van der Waals surface area contributed by atoms with Crippen molar-refractivity contribution in [1.82, 2.24) is 0 Å². The lowest BCUT2D eigenvalue weighted by Gasteiger charge is -2.45. The molecular formula is C18H32O5. The maximum absolute atomic E-state index is 6.35. The Morgan fingerprint density at radius 2 is 1.17 bits per heavy atom. The lowest BCUT2D eigenvalue weighted by Crippen LogP contribution is -2.56. The highest BCUT2D eigenvalue weighted by Gasteiger charge is 2.56. The number of hydrogen-bond donors (Lipinski definition) is 0. The highest BCUT2D eigenvalue weighted by molar-refractivity contribution is 4.99. The molecule has 3 fully saturated rings. The summed E-state index contributed by atoms with van der Waals surface area (Å²) in [6.45, 7) is 13.9. The largest absolute Gasteiger partial charge is 0.365 e. The van der Waals surface area contributed by atoms with Crippen LogP contribution in [0.15, 0.2) is 0 Å². The number of rotatable bonds is 4. The van der Waals surface area contributed by atoms with Crippen LogP contribution in [0.4, 0.5) is 0 Å². The van der Waals surface area contributed by atoms with Crippen LogP contribution in [0.1, 0.15) is 54.4 Å². The second-order valence-electron chi connectivity index (χ2n) is 8.46. The minimum Gasteiger partial charge on any atom is -0.365 e. The Morgan fingerprint density at radius 3 is 1.52 bits per heavy atom. The first-order valence-corrected chi connectivity index (χ1v) is 8.99. The Kier molecular flexibility index (Phi) is 4.80. The molecule has 0 radical (unpaired) electrons. The highest BCUT2D eigenvalue weighted by atomic mass is 16.8. The molecule has 0 aromatic carbocycles. The van der Waals surface area contributed by atoms with Crippen molar-refractivity contribution in [2.45, 2.75) is 90.4 Å². The van der Waals surface area contributed by atoms with Gasteiger partial charge in [-0.05, 0) is 25.7 Å².